The third-order valence-corrected chi connectivity index (χ3v) is 4.29. The molecule has 3 rings (SSSR count). The maximum Gasteiger partial charge on any atom is 0.305 e. The Bertz CT molecular complexity index is 652. The minimum absolute atomic E-state index is 0.182. The van der Waals surface area contributed by atoms with E-state index < -0.39 is 5.97 Å². The summed E-state index contributed by atoms with van der Waals surface area (Å²) in [6.07, 6.45) is 6.84. The molecule has 5 nitrogen and oxygen atoms in total. The molecule has 116 valence electrons. The van der Waals surface area contributed by atoms with E-state index in [9.17, 15) is 4.79 Å². The second-order valence-corrected chi connectivity index (χ2v) is 5.94. The van der Waals surface area contributed by atoms with Crippen molar-refractivity contribution in [3.05, 3.63) is 48.0 Å². The van der Waals surface area contributed by atoms with Crippen molar-refractivity contribution in [2.75, 3.05) is 18.0 Å². The largest absolute Gasteiger partial charge is 0.481 e. The van der Waals surface area contributed by atoms with Gasteiger partial charge in [-0.3, -0.25) is 4.79 Å². The predicted molar refractivity (Wildman–Crippen MR) is 85.2 cm³/mol. The number of anilines is 1. The second-order valence-electron chi connectivity index (χ2n) is 5.94. The Kier molecular flexibility index (Phi) is 4.13. The first-order valence-electron chi connectivity index (χ1n) is 7.66. The second kappa shape index (κ2) is 6.22. The van der Waals surface area contributed by atoms with Gasteiger partial charge in [0.25, 0.3) is 0 Å². The maximum atomic E-state index is 10.8. The van der Waals surface area contributed by atoms with E-state index in [4.69, 9.17) is 5.11 Å². The zero-order valence-corrected chi connectivity index (χ0v) is 12.8. The molecule has 1 aliphatic rings. The number of fused-ring (bicyclic) bond motifs is 1. The Labute approximate surface area is 130 Å². The summed E-state index contributed by atoms with van der Waals surface area (Å²) >= 11 is 0. The highest BCUT2D eigenvalue weighted by Gasteiger charge is 2.28. The fraction of sp³-hybridized carbons (Fsp3) is 0.412. The van der Waals surface area contributed by atoms with Crippen molar-refractivity contribution in [2.45, 2.75) is 32.2 Å². The van der Waals surface area contributed by atoms with Crippen LogP contribution in [-0.4, -0.2) is 33.7 Å². The number of aryl methyl sites for hydroxylation is 2. The van der Waals surface area contributed by atoms with Crippen LogP contribution in [0.1, 0.15) is 29.9 Å². The molecule has 1 N–H and O–H groups in total. The molecule has 0 saturated carbocycles. The Hall–Kier alpha value is -2.30. The van der Waals surface area contributed by atoms with E-state index in [-0.39, 0.29) is 6.42 Å². The van der Waals surface area contributed by atoms with Crippen LogP contribution < -0.4 is 4.90 Å². The molecule has 1 atom stereocenters. The van der Waals surface area contributed by atoms with Crippen LogP contribution in [0, 0.1) is 6.92 Å². The summed E-state index contributed by atoms with van der Waals surface area (Å²) in [7, 11) is 0. The van der Waals surface area contributed by atoms with Crippen LogP contribution in [0.3, 0.4) is 0 Å². The molecular formula is C17H21N3O2. The van der Waals surface area contributed by atoms with Crippen LogP contribution in [0.2, 0.25) is 0 Å². The molecule has 22 heavy (non-hydrogen) atoms. The smallest absolute Gasteiger partial charge is 0.305 e. The minimum atomic E-state index is -0.740. The van der Waals surface area contributed by atoms with Gasteiger partial charge in [0.05, 0.1) is 12.7 Å². The maximum absolute atomic E-state index is 10.8. The number of carbonyl (C=O) groups is 1. The number of imidazole rings is 1. The lowest BCUT2D eigenvalue weighted by Gasteiger charge is -2.19. The van der Waals surface area contributed by atoms with E-state index >= 15 is 0 Å². The third kappa shape index (κ3) is 3.13. The van der Waals surface area contributed by atoms with Gasteiger partial charge in [-0.1, -0.05) is 17.7 Å². The number of nitrogens with zero attached hydrogens (tertiary/aromatic N) is 3. The molecule has 1 aromatic carbocycles. The van der Waals surface area contributed by atoms with Gasteiger partial charge >= 0.3 is 5.97 Å². The van der Waals surface area contributed by atoms with Gasteiger partial charge in [-0.2, -0.15) is 0 Å². The minimum Gasteiger partial charge on any atom is -0.481 e. The first-order valence-corrected chi connectivity index (χ1v) is 7.66. The molecule has 0 saturated heterocycles. The van der Waals surface area contributed by atoms with Crippen molar-refractivity contribution in [1.82, 2.24) is 9.55 Å². The fourth-order valence-electron chi connectivity index (χ4n) is 3.16. The molecular weight excluding hydrogens is 278 g/mol. The van der Waals surface area contributed by atoms with E-state index in [2.05, 4.69) is 39.6 Å². The molecule has 1 aliphatic heterocycles. The summed E-state index contributed by atoms with van der Waals surface area (Å²) in [4.78, 5) is 17.1. The lowest BCUT2D eigenvalue weighted by Crippen LogP contribution is -2.25. The van der Waals surface area contributed by atoms with E-state index in [1.54, 1.807) is 6.20 Å². The number of hydrogen-bond acceptors (Lipinski definition) is 3. The number of rotatable bonds is 6. The third-order valence-electron chi connectivity index (χ3n) is 4.29. The number of aromatic nitrogens is 2. The monoisotopic (exact) mass is 299 g/mol. The summed E-state index contributed by atoms with van der Waals surface area (Å²) in [5, 5.41) is 8.92. The standard InChI is InChI=1S/C17H21N3O2/c1-13-2-3-16-15(10-13)14(4-7-19-9-6-18-12-19)11-20(16)8-5-17(21)22/h2-3,6,9-10,12,14H,4-5,7-8,11H2,1H3,(H,21,22). The molecule has 0 aliphatic carbocycles. The van der Waals surface area contributed by atoms with Gasteiger partial charge in [-0.05, 0) is 25.0 Å². The SMILES string of the molecule is Cc1ccc2c(c1)C(CCn1ccnc1)CN2CCC(=O)O. The van der Waals surface area contributed by atoms with Crippen LogP contribution in [0.15, 0.2) is 36.9 Å². The van der Waals surface area contributed by atoms with Crippen LogP contribution in [0.4, 0.5) is 5.69 Å². The normalized spacial score (nSPS) is 16.8. The quantitative estimate of drug-likeness (QED) is 0.891. The number of benzene rings is 1. The van der Waals surface area contributed by atoms with Gasteiger partial charge in [0.2, 0.25) is 0 Å². The van der Waals surface area contributed by atoms with Crippen molar-refractivity contribution in [2.24, 2.45) is 0 Å². The number of carboxylic acids is 1. The summed E-state index contributed by atoms with van der Waals surface area (Å²) in [5.41, 5.74) is 3.81. The molecule has 1 unspecified atom stereocenters. The highest BCUT2D eigenvalue weighted by atomic mass is 16.4. The van der Waals surface area contributed by atoms with Crippen LogP contribution in [0.25, 0.3) is 0 Å². The molecule has 0 amide bonds. The Morgan fingerprint density at radius 2 is 2.27 bits per heavy atom. The van der Waals surface area contributed by atoms with Crippen molar-refractivity contribution in [3.8, 4) is 0 Å². The van der Waals surface area contributed by atoms with Gasteiger partial charge in [-0.25, -0.2) is 4.98 Å². The molecule has 2 heterocycles. The van der Waals surface area contributed by atoms with Crippen LogP contribution in [0.5, 0.6) is 0 Å². The molecule has 0 spiro atoms. The molecule has 1 aromatic heterocycles. The Balaban J connectivity index is 1.74. The summed E-state index contributed by atoms with van der Waals surface area (Å²) in [6.45, 7) is 4.52. The number of carboxylic acid groups (broad SMARTS) is 1. The zero-order valence-electron chi connectivity index (χ0n) is 12.8. The Morgan fingerprint density at radius 3 is 3.00 bits per heavy atom. The molecule has 2 aromatic rings. The molecule has 0 fully saturated rings. The van der Waals surface area contributed by atoms with Crippen molar-refractivity contribution in [1.29, 1.82) is 0 Å². The number of aliphatic carboxylic acids is 1. The zero-order chi connectivity index (χ0) is 15.5. The predicted octanol–water partition coefficient (Wildman–Crippen LogP) is 2.66. The lowest BCUT2D eigenvalue weighted by atomic mass is 9.96. The van der Waals surface area contributed by atoms with Crippen LogP contribution in [-0.2, 0) is 11.3 Å². The first-order chi connectivity index (χ1) is 10.6. The summed E-state index contributed by atoms with van der Waals surface area (Å²) in [6, 6.07) is 6.48. The van der Waals surface area contributed by atoms with Crippen LogP contribution >= 0.6 is 0 Å². The van der Waals surface area contributed by atoms with Crippen molar-refractivity contribution >= 4 is 11.7 Å². The van der Waals surface area contributed by atoms with E-state index in [0.717, 1.165) is 19.5 Å². The molecule has 5 heteroatoms. The van der Waals surface area contributed by atoms with Crippen molar-refractivity contribution in [3.63, 3.8) is 0 Å². The average molecular weight is 299 g/mol. The van der Waals surface area contributed by atoms with Crippen molar-refractivity contribution < 1.29 is 9.90 Å². The van der Waals surface area contributed by atoms with Gasteiger partial charge in [0, 0.05) is 43.6 Å². The summed E-state index contributed by atoms with van der Waals surface area (Å²) < 4.78 is 2.09. The van der Waals surface area contributed by atoms with Gasteiger partial charge < -0.3 is 14.6 Å². The number of hydrogen-bond donors (Lipinski definition) is 1. The molecule has 0 bridgehead atoms. The van der Waals surface area contributed by atoms with E-state index in [1.807, 2.05) is 12.5 Å². The lowest BCUT2D eigenvalue weighted by molar-refractivity contribution is -0.136. The van der Waals surface area contributed by atoms with Gasteiger partial charge in [0.1, 0.15) is 0 Å². The highest BCUT2D eigenvalue weighted by Crippen LogP contribution is 2.38. The van der Waals surface area contributed by atoms with E-state index in [0.29, 0.717) is 12.5 Å². The highest BCUT2D eigenvalue weighted by molar-refractivity contribution is 5.69. The first kappa shape index (κ1) is 14.6. The molecule has 0 radical (unpaired) electrons. The van der Waals surface area contributed by atoms with Gasteiger partial charge in [0.15, 0.2) is 0 Å². The Morgan fingerprint density at radius 1 is 1.41 bits per heavy atom. The van der Waals surface area contributed by atoms with Gasteiger partial charge in [-0.15, -0.1) is 0 Å². The topological polar surface area (TPSA) is 58.4 Å². The van der Waals surface area contributed by atoms with E-state index in [1.165, 1.54) is 16.8 Å². The summed E-state index contributed by atoms with van der Waals surface area (Å²) in [5.74, 6) is -0.290. The fourth-order valence-corrected chi connectivity index (χ4v) is 3.16. The average Bonchev–Trinajstić information content (AvgIpc) is 3.10.